The largest absolute Gasteiger partial charge is 0.480 e. The standard InChI is InChI=1S/C13H20N2O3S/c1-9(2)6-11(12(16)17)14-13(18)15(3)7-10-4-5-19-8-10/h4-5,8-9,11H,6-7H2,1-3H3,(H,14,18)(H,16,17). The molecule has 0 aliphatic heterocycles. The maximum absolute atomic E-state index is 11.9. The number of carboxylic acid groups (broad SMARTS) is 1. The number of nitrogens with zero attached hydrogens (tertiary/aromatic N) is 1. The van der Waals surface area contributed by atoms with Gasteiger partial charge in [0.15, 0.2) is 0 Å². The van der Waals surface area contributed by atoms with Gasteiger partial charge in [0.25, 0.3) is 0 Å². The van der Waals surface area contributed by atoms with Crippen LogP contribution in [0.5, 0.6) is 0 Å². The minimum atomic E-state index is -0.994. The smallest absolute Gasteiger partial charge is 0.326 e. The van der Waals surface area contributed by atoms with Crippen LogP contribution < -0.4 is 5.32 Å². The van der Waals surface area contributed by atoms with Gasteiger partial charge in [0, 0.05) is 13.6 Å². The first-order valence-corrected chi connectivity index (χ1v) is 7.10. The molecule has 1 aromatic heterocycles. The molecule has 1 atom stereocenters. The van der Waals surface area contributed by atoms with Crippen LogP contribution in [0.4, 0.5) is 4.79 Å². The lowest BCUT2D eigenvalue weighted by atomic mass is 10.0. The number of carbonyl (C=O) groups is 2. The average molecular weight is 284 g/mol. The van der Waals surface area contributed by atoms with E-state index in [0.29, 0.717) is 13.0 Å². The molecule has 0 aromatic carbocycles. The van der Waals surface area contributed by atoms with Crippen LogP contribution in [-0.4, -0.2) is 35.1 Å². The van der Waals surface area contributed by atoms with Crippen LogP contribution in [0.25, 0.3) is 0 Å². The van der Waals surface area contributed by atoms with Crippen molar-refractivity contribution in [1.82, 2.24) is 10.2 Å². The molecule has 2 amide bonds. The number of rotatable bonds is 6. The summed E-state index contributed by atoms with van der Waals surface area (Å²) in [5.41, 5.74) is 1.04. The molecular formula is C13H20N2O3S. The molecule has 0 aliphatic carbocycles. The lowest BCUT2D eigenvalue weighted by molar-refractivity contribution is -0.139. The maximum Gasteiger partial charge on any atom is 0.326 e. The molecule has 2 N–H and O–H groups in total. The molecule has 1 aromatic rings. The first-order valence-electron chi connectivity index (χ1n) is 6.15. The van der Waals surface area contributed by atoms with Crippen molar-refractivity contribution in [3.8, 4) is 0 Å². The van der Waals surface area contributed by atoms with E-state index in [4.69, 9.17) is 5.11 Å². The summed E-state index contributed by atoms with van der Waals surface area (Å²) in [5, 5.41) is 15.5. The highest BCUT2D eigenvalue weighted by Crippen LogP contribution is 2.09. The molecule has 0 spiro atoms. The van der Waals surface area contributed by atoms with E-state index in [2.05, 4.69) is 5.32 Å². The number of nitrogens with one attached hydrogen (secondary N) is 1. The average Bonchev–Trinajstić information content (AvgIpc) is 2.79. The van der Waals surface area contributed by atoms with Crippen molar-refractivity contribution in [3.63, 3.8) is 0 Å². The third-order valence-corrected chi connectivity index (χ3v) is 3.38. The van der Waals surface area contributed by atoms with E-state index >= 15 is 0 Å². The number of hydrogen-bond acceptors (Lipinski definition) is 3. The van der Waals surface area contributed by atoms with Gasteiger partial charge < -0.3 is 15.3 Å². The fraction of sp³-hybridized carbons (Fsp3) is 0.538. The second-order valence-electron chi connectivity index (χ2n) is 4.96. The zero-order chi connectivity index (χ0) is 14.4. The highest BCUT2D eigenvalue weighted by atomic mass is 32.1. The van der Waals surface area contributed by atoms with Crippen LogP contribution in [0.2, 0.25) is 0 Å². The van der Waals surface area contributed by atoms with E-state index in [-0.39, 0.29) is 11.9 Å². The van der Waals surface area contributed by atoms with Crippen LogP contribution in [-0.2, 0) is 11.3 Å². The Morgan fingerprint density at radius 2 is 2.16 bits per heavy atom. The Morgan fingerprint density at radius 1 is 1.47 bits per heavy atom. The monoisotopic (exact) mass is 284 g/mol. The summed E-state index contributed by atoms with van der Waals surface area (Å²) in [6.45, 7) is 4.33. The van der Waals surface area contributed by atoms with Crippen LogP contribution >= 0.6 is 11.3 Å². The summed E-state index contributed by atoms with van der Waals surface area (Å²) in [6.07, 6.45) is 0.424. The number of carboxylic acids is 1. The van der Waals surface area contributed by atoms with Crippen molar-refractivity contribution in [3.05, 3.63) is 22.4 Å². The van der Waals surface area contributed by atoms with Gasteiger partial charge in [-0.15, -0.1) is 0 Å². The van der Waals surface area contributed by atoms with Gasteiger partial charge in [-0.2, -0.15) is 11.3 Å². The van der Waals surface area contributed by atoms with Gasteiger partial charge in [0.2, 0.25) is 0 Å². The molecule has 0 radical (unpaired) electrons. The molecule has 106 valence electrons. The summed E-state index contributed by atoms with van der Waals surface area (Å²) >= 11 is 1.57. The van der Waals surface area contributed by atoms with Crippen molar-refractivity contribution < 1.29 is 14.7 Å². The number of thiophene rings is 1. The van der Waals surface area contributed by atoms with E-state index < -0.39 is 12.0 Å². The molecule has 0 saturated heterocycles. The quantitative estimate of drug-likeness (QED) is 0.842. The second kappa shape index (κ2) is 7.13. The van der Waals surface area contributed by atoms with Gasteiger partial charge in [-0.05, 0) is 34.7 Å². The van der Waals surface area contributed by atoms with Crippen LogP contribution in [0.1, 0.15) is 25.8 Å². The Labute approximate surface area is 117 Å². The SMILES string of the molecule is CC(C)CC(NC(=O)N(C)Cc1ccsc1)C(=O)O. The normalized spacial score (nSPS) is 12.2. The molecule has 1 rings (SSSR count). The topological polar surface area (TPSA) is 69.6 Å². The Hall–Kier alpha value is -1.56. The first kappa shape index (κ1) is 15.5. The van der Waals surface area contributed by atoms with Gasteiger partial charge >= 0.3 is 12.0 Å². The van der Waals surface area contributed by atoms with E-state index in [1.807, 2.05) is 30.7 Å². The summed E-state index contributed by atoms with van der Waals surface area (Å²) in [7, 11) is 1.65. The lowest BCUT2D eigenvalue weighted by Crippen LogP contribution is -2.46. The van der Waals surface area contributed by atoms with Crippen molar-refractivity contribution in [2.24, 2.45) is 5.92 Å². The number of amides is 2. The maximum atomic E-state index is 11.9. The van der Waals surface area contributed by atoms with Crippen molar-refractivity contribution in [1.29, 1.82) is 0 Å². The predicted octanol–water partition coefficient (Wildman–Crippen LogP) is 2.39. The Morgan fingerprint density at radius 3 is 2.63 bits per heavy atom. The van der Waals surface area contributed by atoms with Crippen LogP contribution in [0.3, 0.4) is 0 Å². The number of hydrogen-bond donors (Lipinski definition) is 2. The summed E-state index contributed by atoms with van der Waals surface area (Å²) in [4.78, 5) is 24.5. The van der Waals surface area contributed by atoms with Crippen molar-refractivity contribution >= 4 is 23.3 Å². The Bertz CT molecular complexity index is 418. The molecule has 1 unspecified atom stereocenters. The number of carbonyl (C=O) groups excluding carboxylic acids is 1. The molecular weight excluding hydrogens is 264 g/mol. The molecule has 5 nitrogen and oxygen atoms in total. The highest BCUT2D eigenvalue weighted by molar-refractivity contribution is 7.07. The molecule has 6 heteroatoms. The molecule has 19 heavy (non-hydrogen) atoms. The Kier molecular flexibility index (Phi) is 5.82. The van der Waals surface area contributed by atoms with Gasteiger partial charge in [-0.3, -0.25) is 0 Å². The van der Waals surface area contributed by atoms with Crippen molar-refractivity contribution in [2.45, 2.75) is 32.9 Å². The molecule has 1 heterocycles. The minimum Gasteiger partial charge on any atom is -0.480 e. The van der Waals surface area contributed by atoms with Crippen molar-refractivity contribution in [2.75, 3.05) is 7.05 Å². The number of aliphatic carboxylic acids is 1. The van der Waals surface area contributed by atoms with E-state index in [1.165, 1.54) is 4.90 Å². The zero-order valence-electron chi connectivity index (χ0n) is 11.4. The zero-order valence-corrected chi connectivity index (χ0v) is 12.2. The van der Waals surface area contributed by atoms with E-state index in [9.17, 15) is 9.59 Å². The first-order chi connectivity index (χ1) is 8.90. The lowest BCUT2D eigenvalue weighted by Gasteiger charge is -2.22. The molecule has 0 bridgehead atoms. The molecule has 0 aliphatic rings. The third kappa shape index (κ3) is 5.30. The van der Waals surface area contributed by atoms with Crippen LogP contribution in [0, 0.1) is 5.92 Å². The second-order valence-corrected chi connectivity index (χ2v) is 5.74. The van der Waals surface area contributed by atoms with Gasteiger partial charge in [0.05, 0.1) is 0 Å². The summed E-state index contributed by atoms with van der Waals surface area (Å²) < 4.78 is 0. The fourth-order valence-corrected chi connectivity index (χ4v) is 2.34. The third-order valence-electron chi connectivity index (χ3n) is 2.65. The summed E-state index contributed by atoms with van der Waals surface area (Å²) in [6, 6.07) is 0.744. The Balaban J connectivity index is 2.53. The molecule has 0 saturated carbocycles. The van der Waals surface area contributed by atoms with Gasteiger partial charge in [-0.1, -0.05) is 13.8 Å². The van der Waals surface area contributed by atoms with Gasteiger partial charge in [-0.25, -0.2) is 9.59 Å². The number of urea groups is 1. The predicted molar refractivity (Wildman–Crippen MR) is 75.2 cm³/mol. The van der Waals surface area contributed by atoms with E-state index in [1.54, 1.807) is 18.4 Å². The van der Waals surface area contributed by atoms with Gasteiger partial charge in [0.1, 0.15) is 6.04 Å². The van der Waals surface area contributed by atoms with Crippen LogP contribution in [0.15, 0.2) is 16.8 Å². The minimum absolute atomic E-state index is 0.212. The fourth-order valence-electron chi connectivity index (χ4n) is 1.68. The van der Waals surface area contributed by atoms with E-state index in [0.717, 1.165) is 5.56 Å². The molecule has 0 fully saturated rings. The highest BCUT2D eigenvalue weighted by Gasteiger charge is 2.22. The summed E-state index contributed by atoms with van der Waals surface area (Å²) in [5.74, 6) is -0.783.